The summed E-state index contributed by atoms with van der Waals surface area (Å²) in [6, 6.07) is 9.76. The fourth-order valence-electron chi connectivity index (χ4n) is 3.28. The number of non-ortho nitro benzene ring substituents is 1. The molecule has 30 heavy (non-hydrogen) atoms. The molecular weight excluding hydrogens is 474 g/mol. The lowest BCUT2D eigenvalue weighted by atomic mass is 10.1. The van der Waals surface area contributed by atoms with Crippen molar-refractivity contribution in [3.8, 4) is 5.75 Å². The van der Waals surface area contributed by atoms with Crippen LogP contribution in [0, 0.1) is 10.1 Å². The van der Waals surface area contributed by atoms with Gasteiger partial charge in [0.1, 0.15) is 11.4 Å². The van der Waals surface area contributed by atoms with E-state index in [2.05, 4.69) is 26.3 Å². The van der Waals surface area contributed by atoms with Crippen LogP contribution in [0.3, 0.4) is 0 Å². The van der Waals surface area contributed by atoms with Gasteiger partial charge in [-0.25, -0.2) is 5.01 Å². The minimum Gasteiger partial charge on any atom is -0.493 e. The van der Waals surface area contributed by atoms with E-state index < -0.39 is 11.1 Å². The van der Waals surface area contributed by atoms with Crippen molar-refractivity contribution < 1.29 is 14.5 Å². The number of carbonyl (C=O) groups excluding carboxylic acids is 1. The number of nitro groups is 1. The van der Waals surface area contributed by atoms with Gasteiger partial charge in [-0.3, -0.25) is 25.2 Å². The molecule has 2 aromatic rings. The highest BCUT2D eigenvalue weighted by Gasteiger charge is 2.36. The van der Waals surface area contributed by atoms with Gasteiger partial charge in [-0.15, -0.1) is 5.10 Å². The Morgan fingerprint density at radius 2 is 2.13 bits per heavy atom. The van der Waals surface area contributed by atoms with Gasteiger partial charge in [0.05, 0.1) is 16.9 Å². The van der Waals surface area contributed by atoms with Crippen LogP contribution in [0.15, 0.2) is 51.0 Å². The van der Waals surface area contributed by atoms with Crippen LogP contribution in [-0.2, 0) is 4.79 Å². The van der Waals surface area contributed by atoms with Crippen molar-refractivity contribution in [2.24, 2.45) is 10.1 Å². The standard InChI is InChI=1S/C19H16BrN5O4S/c1-3-29-15-7-5-11(25(27)28)9-13(15)17-21-14-6-4-10(20)8-12(14)16-18(26)22-19(30-2)23-24(16)17/h4-9,17H,3H2,1-2H3,(H,22,23,26)/t17-/m1/s1. The molecule has 1 atom stereocenters. The minimum atomic E-state index is -0.802. The number of hydrogen-bond acceptors (Lipinski definition) is 8. The van der Waals surface area contributed by atoms with Gasteiger partial charge in [-0.1, -0.05) is 27.7 Å². The van der Waals surface area contributed by atoms with Crippen molar-refractivity contribution in [3.05, 3.63) is 67.1 Å². The third-order valence-electron chi connectivity index (χ3n) is 4.55. The molecule has 2 aromatic carbocycles. The summed E-state index contributed by atoms with van der Waals surface area (Å²) in [5, 5.41) is 21.8. The molecule has 2 aliphatic heterocycles. The lowest BCUT2D eigenvalue weighted by Crippen LogP contribution is -2.50. The van der Waals surface area contributed by atoms with Crippen LogP contribution in [0.4, 0.5) is 5.69 Å². The predicted octanol–water partition coefficient (Wildman–Crippen LogP) is 2.26. The van der Waals surface area contributed by atoms with E-state index >= 15 is 0 Å². The Morgan fingerprint density at radius 1 is 1.33 bits per heavy atom. The molecule has 0 spiro atoms. The van der Waals surface area contributed by atoms with Crippen molar-refractivity contribution in [3.63, 3.8) is 0 Å². The maximum atomic E-state index is 13.0. The van der Waals surface area contributed by atoms with E-state index in [1.54, 1.807) is 24.5 Å². The number of halogens is 1. The zero-order valence-electron chi connectivity index (χ0n) is 16.0. The molecule has 154 valence electrons. The number of nitrogens with zero attached hydrogens (tertiary/aromatic N) is 4. The molecular formula is C19H16BrN5O4S. The van der Waals surface area contributed by atoms with Crippen LogP contribution in [-0.4, -0.2) is 33.9 Å². The summed E-state index contributed by atoms with van der Waals surface area (Å²) in [6.07, 6.45) is 0.993. The third-order valence-corrected chi connectivity index (χ3v) is 5.61. The van der Waals surface area contributed by atoms with Gasteiger partial charge < -0.3 is 4.74 Å². The first-order valence-electron chi connectivity index (χ1n) is 8.95. The topological polar surface area (TPSA) is 109 Å². The van der Waals surface area contributed by atoms with Gasteiger partial charge >= 0.3 is 0 Å². The van der Waals surface area contributed by atoms with Crippen molar-refractivity contribution >= 4 is 50.2 Å². The van der Waals surface area contributed by atoms with Crippen LogP contribution in [0.25, 0.3) is 5.70 Å². The third kappa shape index (κ3) is 3.54. The maximum absolute atomic E-state index is 13.0. The highest BCUT2D eigenvalue weighted by molar-refractivity contribution is 9.10. The largest absolute Gasteiger partial charge is 0.493 e. The van der Waals surface area contributed by atoms with E-state index in [-0.39, 0.29) is 11.6 Å². The molecule has 0 aliphatic carbocycles. The average molecular weight is 490 g/mol. The Morgan fingerprint density at radius 3 is 2.83 bits per heavy atom. The van der Waals surface area contributed by atoms with E-state index in [1.807, 2.05) is 13.0 Å². The van der Waals surface area contributed by atoms with Crippen LogP contribution < -0.4 is 20.6 Å². The predicted molar refractivity (Wildman–Crippen MR) is 116 cm³/mol. The molecule has 0 saturated carbocycles. The normalized spacial score (nSPS) is 17.4. The van der Waals surface area contributed by atoms with Gasteiger partial charge in [0, 0.05) is 27.4 Å². The second-order valence-corrected chi connectivity index (χ2v) is 8.04. The number of nitro benzene ring substituents is 1. The summed E-state index contributed by atoms with van der Waals surface area (Å²) in [4.78, 5) is 28.6. The summed E-state index contributed by atoms with van der Waals surface area (Å²) < 4.78 is 6.50. The maximum Gasteiger partial charge on any atom is 0.276 e. The summed E-state index contributed by atoms with van der Waals surface area (Å²) in [6.45, 7) is 2.20. The molecule has 11 heteroatoms. The highest BCUT2D eigenvalue weighted by Crippen LogP contribution is 2.37. The van der Waals surface area contributed by atoms with Gasteiger partial charge in [-0.2, -0.15) is 0 Å². The second kappa shape index (κ2) is 8.07. The molecule has 0 radical (unpaired) electrons. The zero-order valence-corrected chi connectivity index (χ0v) is 18.4. The van der Waals surface area contributed by atoms with E-state index in [9.17, 15) is 14.9 Å². The monoisotopic (exact) mass is 489 g/mol. The number of fused-ring (bicyclic) bond motifs is 2. The van der Waals surface area contributed by atoms with Crippen molar-refractivity contribution in [1.29, 1.82) is 0 Å². The van der Waals surface area contributed by atoms with Gasteiger partial charge in [-0.05, 0) is 37.4 Å². The quantitative estimate of drug-likeness (QED) is 0.520. The lowest BCUT2D eigenvalue weighted by Gasteiger charge is -2.34. The number of amides is 1. The first-order valence-corrected chi connectivity index (χ1v) is 11.0. The highest BCUT2D eigenvalue weighted by atomic mass is 79.9. The van der Waals surface area contributed by atoms with Crippen LogP contribution in [0.5, 0.6) is 5.75 Å². The number of carbonyl (C=O) groups is 1. The molecule has 9 nitrogen and oxygen atoms in total. The summed E-state index contributed by atoms with van der Waals surface area (Å²) in [5.74, 6) is 0.126. The Balaban J connectivity index is 2.01. The Bertz CT molecular complexity index is 1220. The summed E-state index contributed by atoms with van der Waals surface area (Å²) >= 11 is 4.71. The number of thioether (sulfide) groups is 1. The molecule has 2 aliphatic rings. The summed E-state index contributed by atoms with van der Waals surface area (Å²) in [5.41, 5.74) is 0.677. The molecule has 0 unspecified atom stereocenters. The molecule has 0 aromatic heterocycles. The summed E-state index contributed by atoms with van der Waals surface area (Å²) in [7, 11) is 0. The Kier molecular flexibility index (Phi) is 5.48. The molecule has 2 heterocycles. The van der Waals surface area contributed by atoms with Crippen LogP contribution >= 0.6 is 27.7 Å². The molecule has 1 N–H and O–H groups in total. The van der Waals surface area contributed by atoms with Crippen LogP contribution in [0.1, 0.15) is 18.7 Å². The smallest absolute Gasteiger partial charge is 0.276 e. The molecule has 0 bridgehead atoms. The van der Waals surface area contributed by atoms with E-state index in [4.69, 9.17) is 9.73 Å². The van der Waals surface area contributed by atoms with E-state index in [0.717, 1.165) is 4.47 Å². The fourth-order valence-corrected chi connectivity index (χ4v) is 4.01. The molecule has 0 fully saturated rings. The van der Waals surface area contributed by atoms with Crippen LogP contribution in [0.2, 0.25) is 0 Å². The van der Waals surface area contributed by atoms with Crippen molar-refractivity contribution in [2.75, 3.05) is 12.9 Å². The minimum absolute atomic E-state index is 0.0951. The Hall–Kier alpha value is -2.92. The van der Waals surface area contributed by atoms with Gasteiger partial charge in [0.25, 0.3) is 11.6 Å². The first kappa shape index (κ1) is 20.4. The first-order chi connectivity index (χ1) is 14.4. The number of hydrogen-bond donors (Lipinski definition) is 1. The molecule has 4 rings (SSSR count). The average Bonchev–Trinajstić information content (AvgIpc) is 2.73. The molecule has 1 amide bonds. The number of hydrazone groups is 1. The van der Waals surface area contributed by atoms with E-state index in [1.165, 1.54) is 28.9 Å². The second-order valence-electron chi connectivity index (χ2n) is 6.33. The lowest BCUT2D eigenvalue weighted by molar-refractivity contribution is -0.385. The SMILES string of the molecule is CCOc1ccc([N+](=O)[O-])cc1[C@@H]1N=c2ccc(Br)cc2=C2C(=O)NC(SC)=NN21. The van der Waals surface area contributed by atoms with Gasteiger partial charge in [0.2, 0.25) is 0 Å². The fraction of sp³-hybridized carbons (Fsp3) is 0.211. The van der Waals surface area contributed by atoms with Crippen molar-refractivity contribution in [1.82, 2.24) is 10.3 Å². The number of rotatable bonds is 4. The Labute approximate surface area is 183 Å². The van der Waals surface area contributed by atoms with Gasteiger partial charge in [0.15, 0.2) is 11.3 Å². The van der Waals surface area contributed by atoms with Crippen molar-refractivity contribution in [2.45, 2.75) is 13.1 Å². The zero-order chi connectivity index (χ0) is 21.4. The number of ether oxygens (including phenoxy) is 1. The molecule has 0 saturated heterocycles. The number of benzene rings is 2. The number of nitrogens with one attached hydrogen (secondary N) is 1. The van der Waals surface area contributed by atoms with E-state index in [0.29, 0.717) is 39.4 Å². The number of amidine groups is 1.